The van der Waals surface area contributed by atoms with Crippen LogP contribution in [0, 0.1) is 22.7 Å². The summed E-state index contributed by atoms with van der Waals surface area (Å²) in [6, 6.07) is 8.93. The first-order chi connectivity index (χ1) is 12.4. The molecule has 1 atom stereocenters. The van der Waals surface area contributed by atoms with Crippen molar-refractivity contribution in [2.45, 2.75) is 38.0 Å². The van der Waals surface area contributed by atoms with Crippen LogP contribution in [0.15, 0.2) is 24.3 Å². The number of halogens is 2. The zero-order valence-electron chi connectivity index (χ0n) is 14.8. The Morgan fingerprint density at radius 2 is 2.08 bits per heavy atom. The van der Waals surface area contributed by atoms with E-state index in [2.05, 4.69) is 6.07 Å². The molecule has 1 spiro atoms. The molecule has 3 fully saturated rings. The van der Waals surface area contributed by atoms with Gasteiger partial charge in [-0.1, -0.05) is 6.07 Å². The summed E-state index contributed by atoms with van der Waals surface area (Å²) in [6.07, 6.45) is 3.06. The van der Waals surface area contributed by atoms with Gasteiger partial charge in [0, 0.05) is 31.7 Å². The van der Waals surface area contributed by atoms with Gasteiger partial charge in [-0.2, -0.15) is 5.26 Å². The van der Waals surface area contributed by atoms with Crippen LogP contribution in [0.25, 0.3) is 0 Å². The summed E-state index contributed by atoms with van der Waals surface area (Å²) in [4.78, 5) is 16.7. The minimum absolute atomic E-state index is 0.209. The lowest BCUT2D eigenvalue weighted by molar-refractivity contribution is -0.154. The standard InChI is InChI=1S/C20H23F2N3O/c21-20(22)12-19(13-24(14-20)11-15-5-6-15)7-2-8-25(18(19)26)17-4-1-3-16(9-17)10-23/h1,3-4,9,15H,2,5-8,11-14H2/t19-/m1/s1. The minimum Gasteiger partial charge on any atom is -0.312 e. The van der Waals surface area contributed by atoms with Crippen molar-refractivity contribution in [1.82, 2.24) is 4.90 Å². The molecule has 0 bridgehead atoms. The van der Waals surface area contributed by atoms with Crippen molar-refractivity contribution in [2.24, 2.45) is 11.3 Å². The summed E-state index contributed by atoms with van der Waals surface area (Å²) in [6.45, 7) is 1.38. The fraction of sp³-hybridized carbons (Fsp3) is 0.600. The predicted octanol–water partition coefficient (Wildman–Crippen LogP) is 3.42. The molecule has 6 heteroatoms. The van der Waals surface area contributed by atoms with Gasteiger partial charge < -0.3 is 4.90 Å². The Morgan fingerprint density at radius 1 is 1.27 bits per heavy atom. The van der Waals surface area contributed by atoms with E-state index in [0.29, 0.717) is 49.6 Å². The predicted molar refractivity (Wildman–Crippen MR) is 93.9 cm³/mol. The second kappa shape index (κ2) is 6.31. The lowest BCUT2D eigenvalue weighted by atomic mass is 9.71. The van der Waals surface area contributed by atoms with Crippen molar-refractivity contribution in [3.63, 3.8) is 0 Å². The van der Waals surface area contributed by atoms with E-state index in [1.54, 1.807) is 29.2 Å². The Morgan fingerprint density at radius 3 is 2.81 bits per heavy atom. The summed E-state index contributed by atoms with van der Waals surface area (Å²) < 4.78 is 29.0. The molecule has 4 rings (SSSR count). The van der Waals surface area contributed by atoms with E-state index < -0.39 is 11.3 Å². The molecule has 1 amide bonds. The topological polar surface area (TPSA) is 47.3 Å². The average Bonchev–Trinajstić information content (AvgIpc) is 3.40. The molecule has 2 aliphatic heterocycles. The third-order valence-electron chi connectivity index (χ3n) is 5.81. The van der Waals surface area contributed by atoms with Gasteiger partial charge >= 0.3 is 0 Å². The molecule has 1 aliphatic carbocycles. The van der Waals surface area contributed by atoms with Crippen LogP contribution in [0.1, 0.15) is 37.7 Å². The normalized spacial score (nSPS) is 29.0. The van der Waals surface area contributed by atoms with Gasteiger partial charge in [-0.05, 0) is 49.8 Å². The maximum absolute atomic E-state index is 14.5. The molecule has 0 aromatic heterocycles. The highest BCUT2D eigenvalue weighted by Gasteiger charge is 2.55. The van der Waals surface area contributed by atoms with Crippen LogP contribution in [-0.2, 0) is 4.79 Å². The van der Waals surface area contributed by atoms with Crippen LogP contribution < -0.4 is 4.90 Å². The van der Waals surface area contributed by atoms with Crippen molar-refractivity contribution in [1.29, 1.82) is 5.26 Å². The number of benzene rings is 1. The average molecular weight is 359 g/mol. The Balaban J connectivity index is 1.61. The van der Waals surface area contributed by atoms with E-state index in [-0.39, 0.29) is 18.9 Å². The van der Waals surface area contributed by atoms with Gasteiger partial charge in [0.05, 0.1) is 23.6 Å². The summed E-state index contributed by atoms with van der Waals surface area (Å²) in [5.41, 5.74) is 0.0902. The molecule has 0 unspecified atom stereocenters. The van der Waals surface area contributed by atoms with E-state index >= 15 is 0 Å². The molecule has 1 aromatic rings. The minimum atomic E-state index is -2.83. The van der Waals surface area contributed by atoms with Crippen molar-refractivity contribution in [3.8, 4) is 6.07 Å². The van der Waals surface area contributed by atoms with E-state index in [9.17, 15) is 13.6 Å². The number of rotatable bonds is 3. The number of nitriles is 1. The largest absolute Gasteiger partial charge is 0.312 e. The van der Waals surface area contributed by atoms with Crippen LogP contribution in [0.5, 0.6) is 0 Å². The molecule has 138 valence electrons. The van der Waals surface area contributed by atoms with E-state index in [1.165, 1.54) is 0 Å². The van der Waals surface area contributed by atoms with Gasteiger partial charge in [-0.15, -0.1) is 0 Å². The third-order valence-corrected chi connectivity index (χ3v) is 5.81. The van der Waals surface area contributed by atoms with Crippen LogP contribution in [0.3, 0.4) is 0 Å². The molecule has 26 heavy (non-hydrogen) atoms. The first kappa shape index (κ1) is 17.4. The first-order valence-electron chi connectivity index (χ1n) is 9.33. The van der Waals surface area contributed by atoms with Crippen molar-refractivity contribution >= 4 is 11.6 Å². The lowest BCUT2D eigenvalue weighted by Gasteiger charge is -2.49. The number of carbonyl (C=O) groups excluding carboxylic acids is 1. The van der Waals surface area contributed by atoms with Crippen LogP contribution in [0.4, 0.5) is 14.5 Å². The number of alkyl halides is 2. The van der Waals surface area contributed by atoms with E-state index in [0.717, 1.165) is 12.8 Å². The van der Waals surface area contributed by atoms with Crippen LogP contribution in [0.2, 0.25) is 0 Å². The third kappa shape index (κ3) is 3.33. The highest BCUT2D eigenvalue weighted by Crippen LogP contribution is 2.47. The number of hydrogen-bond acceptors (Lipinski definition) is 3. The molecule has 4 nitrogen and oxygen atoms in total. The smallest absolute Gasteiger partial charge is 0.261 e. The number of nitrogens with zero attached hydrogens (tertiary/aromatic N) is 3. The lowest BCUT2D eigenvalue weighted by Crippen LogP contribution is -2.61. The SMILES string of the molecule is N#Cc1cccc(N2CCC[C@@]3(CN(CC4CC4)CC(F)(F)C3)C2=O)c1. The van der Waals surface area contributed by atoms with Gasteiger partial charge in [0.2, 0.25) is 5.91 Å². The van der Waals surface area contributed by atoms with Gasteiger partial charge in [0.15, 0.2) is 0 Å². The van der Waals surface area contributed by atoms with E-state index in [1.807, 2.05) is 4.90 Å². The number of anilines is 1. The number of hydrogen-bond donors (Lipinski definition) is 0. The Bertz CT molecular complexity index is 756. The summed E-state index contributed by atoms with van der Waals surface area (Å²) in [5, 5.41) is 9.10. The molecular weight excluding hydrogens is 336 g/mol. The number of piperidine rings is 2. The van der Waals surface area contributed by atoms with Gasteiger partial charge in [0.1, 0.15) is 0 Å². The van der Waals surface area contributed by atoms with E-state index in [4.69, 9.17) is 5.26 Å². The fourth-order valence-electron chi connectivity index (χ4n) is 4.58. The Labute approximate surface area is 152 Å². The Kier molecular flexibility index (Phi) is 4.23. The van der Waals surface area contributed by atoms with Crippen molar-refractivity contribution in [2.75, 3.05) is 31.1 Å². The quantitative estimate of drug-likeness (QED) is 0.831. The molecule has 0 N–H and O–H groups in total. The number of likely N-dealkylation sites (tertiary alicyclic amines) is 1. The van der Waals surface area contributed by atoms with Crippen molar-refractivity contribution in [3.05, 3.63) is 29.8 Å². The van der Waals surface area contributed by atoms with Gasteiger partial charge in [0.25, 0.3) is 5.92 Å². The zero-order valence-corrected chi connectivity index (χ0v) is 14.8. The molecule has 2 heterocycles. The fourth-order valence-corrected chi connectivity index (χ4v) is 4.58. The second-order valence-corrected chi connectivity index (χ2v) is 8.15. The molecule has 1 saturated carbocycles. The molecule has 3 aliphatic rings. The molecule has 1 aromatic carbocycles. The summed E-state index contributed by atoms with van der Waals surface area (Å²) >= 11 is 0. The highest BCUT2D eigenvalue weighted by atomic mass is 19.3. The molecule has 0 radical (unpaired) electrons. The molecule has 2 saturated heterocycles. The first-order valence-corrected chi connectivity index (χ1v) is 9.33. The highest BCUT2D eigenvalue weighted by molar-refractivity contribution is 5.98. The van der Waals surface area contributed by atoms with Crippen LogP contribution in [-0.4, -0.2) is 42.9 Å². The summed E-state index contributed by atoms with van der Waals surface area (Å²) in [5.74, 6) is -2.53. The molecular formula is C20H23F2N3O. The zero-order chi connectivity index (χ0) is 18.4. The monoisotopic (exact) mass is 359 g/mol. The summed E-state index contributed by atoms with van der Waals surface area (Å²) in [7, 11) is 0. The maximum atomic E-state index is 14.5. The number of amides is 1. The maximum Gasteiger partial charge on any atom is 0.261 e. The Hall–Kier alpha value is -2.00. The van der Waals surface area contributed by atoms with Crippen molar-refractivity contribution < 1.29 is 13.6 Å². The second-order valence-electron chi connectivity index (χ2n) is 8.15. The number of carbonyl (C=O) groups is 1. The van der Waals surface area contributed by atoms with Gasteiger partial charge in [-0.25, -0.2) is 8.78 Å². The van der Waals surface area contributed by atoms with Gasteiger partial charge in [-0.3, -0.25) is 9.69 Å². The van der Waals surface area contributed by atoms with Crippen LogP contribution >= 0.6 is 0 Å².